The van der Waals surface area contributed by atoms with Crippen molar-refractivity contribution in [2.75, 3.05) is 6.61 Å². The molecule has 1 N–H and O–H groups in total. The van der Waals surface area contributed by atoms with E-state index in [0.29, 0.717) is 60.6 Å². The number of pyridine rings is 1. The number of ether oxygens (including phenoxy) is 1. The minimum Gasteiger partial charge on any atom is -0.477 e. The summed E-state index contributed by atoms with van der Waals surface area (Å²) < 4.78 is 7.39. The molecular weight excluding hydrogens is 432 g/mol. The number of hydrogen-bond donors (Lipinski definition) is 1. The van der Waals surface area contributed by atoms with Gasteiger partial charge in [0, 0.05) is 29.4 Å². The quantitative estimate of drug-likeness (QED) is 0.612. The predicted octanol–water partition coefficient (Wildman–Crippen LogP) is 2.87. The van der Waals surface area contributed by atoms with Crippen molar-refractivity contribution in [3.63, 3.8) is 0 Å². The molecule has 4 heterocycles. The standard InChI is InChI=1S/C25H24N6O3/c1-15-5-10-21(24(32)26-15)30-12-18-11-17(8-9-19(18)25(30)33)20-13-31(29-28-20)22-3-2-4-23(27-22)34-14-16-6-7-16/h2-4,8-9,11,13,16,21H,1,5-7,10,12,14H2,(H,26,32). The molecular formula is C25H24N6O3. The number of allylic oxidation sites excluding steroid dienone is 1. The summed E-state index contributed by atoms with van der Waals surface area (Å²) in [5.41, 5.74) is 3.72. The Labute approximate surface area is 196 Å². The molecule has 2 aromatic heterocycles. The molecule has 3 aliphatic rings. The molecule has 2 fully saturated rings. The molecule has 9 nitrogen and oxygen atoms in total. The molecule has 0 spiro atoms. The van der Waals surface area contributed by atoms with E-state index in [9.17, 15) is 9.59 Å². The van der Waals surface area contributed by atoms with E-state index in [1.165, 1.54) is 12.8 Å². The smallest absolute Gasteiger partial charge is 0.255 e. The number of aromatic nitrogens is 4. The molecule has 172 valence electrons. The van der Waals surface area contributed by atoms with Crippen LogP contribution in [-0.4, -0.2) is 49.3 Å². The van der Waals surface area contributed by atoms with Crippen molar-refractivity contribution < 1.29 is 14.3 Å². The summed E-state index contributed by atoms with van der Waals surface area (Å²) >= 11 is 0. The minimum atomic E-state index is -0.477. The molecule has 2 aliphatic heterocycles. The van der Waals surface area contributed by atoms with E-state index in [2.05, 4.69) is 27.2 Å². The topological polar surface area (TPSA) is 102 Å². The minimum absolute atomic E-state index is 0.120. The zero-order valence-corrected chi connectivity index (χ0v) is 18.6. The van der Waals surface area contributed by atoms with Crippen LogP contribution in [0, 0.1) is 5.92 Å². The fourth-order valence-electron chi connectivity index (χ4n) is 4.42. The molecule has 2 amide bonds. The van der Waals surface area contributed by atoms with Gasteiger partial charge in [0.25, 0.3) is 5.91 Å². The number of nitrogens with zero attached hydrogens (tertiary/aromatic N) is 5. The summed E-state index contributed by atoms with van der Waals surface area (Å²) in [6.07, 6.45) is 5.51. The normalized spacial score (nSPS) is 19.8. The first-order valence-electron chi connectivity index (χ1n) is 11.5. The van der Waals surface area contributed by atoms with Crippen LogP contribution < -0.4 is 10.1 Å². The van der Waals surface area contributed by atoms with Crippen LogP contribution in [0.25, 0.3) is 17.1 Å². The molecule has 1 unspecified atom stereocenters. The third kappa shape index (κ3) is 3.83. The van der Waals surface area contributed by atoms with Gasteiger partial charge in [-0.05, 0) is 55.4 Å². The Bertz CT molecular complexity index is 1310. The molecule has 1 saturated carbocycles. The van der Waals surface area contributed by atoms with Gasteiger partial charge in [0.1, 0.15) is 11.7 Å². The van der Waals surface area contributed by atoms with Crippen molar-refractivity contribution in [2.45, 2.75) is 38.3 Å². The summed E-state index contributed by atoms with van der Waals surface area (Å²) in [6, 6.07) is 10.7. The average Bonchev–Trinajstić information content (AvgIpc) is 3.44. The Kier molecular flexibility index (Phi) is 4.90. The largest absolute Gasteiger partial charge is 0.477 e. The van der Waals surface area contributed by atoms with Gasteiger partial charge < -0.3 is 15.0 Å². The van der Waals surface area contributed by atoms with E-state index in [4.69, 9.17) is 4.74 Å². The predicted molar refractivity (Wildman–Crippen MR) is 123 cm³/mol. The number of rotatable bonds is 6. The van der Waals surface area contributed by atoms with Gasteiger partial charge in [0.2, 0.25) is 11.8 Å². The monoisotopic (exact) mass is 456 g/mol. The van der Waals surface area contributed by atoms with Crippen LogP contribution in [-0.2, 0) is 11.3 Å². The number of carbonyl (C=O) groups excluding carboxylic acids is 2. The van der Waals surface area contributed by atoms with Crippen molar-refractivity contribution in [1.29, 1.82) is 0 Å². The molecule has 6 rings (SSSR count). The first-order valence-corrected chi connectivity index (χ1v) is 11.5. The number of fused-ring (bicyclic) bond motifs is 1. The Morgan fingerprint density at radius 3 is 2.85 bits per heavy atom. The van der Waals surface area contributed by atoms with Crippen LogP contribution in [0.1, 0.15) is 41.6 Å². The SMILES string of the molecule is C=C1CCC(N2Cc3cc(-c4cn(-c5cccc(OCC6CC6)n5)nn4)ccc3C2=O)C(=O)N1. The lowest BCUT2D eigenvalue weighted by Crippen LogP contribution is -2.49. The van der Waals surface area contributed by atoms with Crippen LogP contribution >= 0.6 is 0 Å². The lowest BCUT2D eigenvalue weighted by atomic mass is 10.0. The number of amides is 2. The van der Waals surface area contributed by atoms with Crippen LogP contribution in [0.3, 0.4) is 0 Å². The summed E-state index contributed by atoms with van der Waals surface area (Å²) in [5, 5.41) is 11.3. The van der Waals surface area contributed by atoms with Gasteiger partial charge in [-0.2, -0.15) is 4.98 Å². The van der Waals surface area contributed by atoms with Crippen molar-refractivity contribution in [1.82, 2.24) is 30.2 Å². The summed E-state index contributed by atoms with van der Waals surface area (Å²) in [6.45, 7) is 4.90. The molecule has 1 aromatic carbocycles. The van der Waals surface area contributed by atoms with Crippen LogP contribution in [0.5, 0.6) is 5.88 Å². The fourth-order valence-corrected chi connectivity index (χ4v) is 4.42. The molecule has 0 radical (unpaired) electrons. The van der Waals surface area contributed by atoms with Crippen molar-refractivity contribution >= 4 is 11.8 Å². The molecule has 1 atom stereocenters. The number of nitrogens with one attached hydrogen (secondary N) is 1. The Balaban J connectivity index is 1.21. The van der Waals surface area contributed by atoms with Gasteiger partial charge in [0.15, 0.2) is 5.82 Å². The molecule has 34 heavy (non-hydrogen) atoms. The van der Waals surface area contributed by atoms with E-state index in [1.807, 2.05) is 36.5 Å². The third-order valence-electron chi connectivity index (χ3n) is 6.53. The van der Waals surface area contributed by atoms with E-state index in [0.717, 1.165) is 11.1 Å². The molecule has 9 heteroatoms. The molecule has 1 saturated heterocycles. The molecule has 0 bridgehead atoms. The maximum Gasteiger partial charge on any atom is 0.255 e. The lowest BCUT2D eigenvalue weighted by molar-refractivity contribution is -0.126. The highest BCUT2D eigenvalue weighted by Gasteiger charge is 2.38. The van der Waals surface area contributed by atoms with Gasteiger partial charge in [-0.1, -0.05) is 23.9 Å². The average molecular weight is 457 g/mol. The second kappa shape index (κ2) is 8.09. The van der Waals surface area contributed by atoms with Crippen LogP contribution in [0.2, 0.25) is 0 Å². The van der Waals surface area contributed by atoms with Gasteiger partial charge in [-0.25, -0.2) is 4.68 Å². The number of benzene rings is 1. The summed E-state index contributed by atoms with van der Waals surface area (Å²) in [5.74, 6) is 1.56. The second-order valence-electron chi connectivity index (χ2n) is 9.09. The highest BCUT2D eigenvalue weighted by molar-refractivity contribution is 6.02. The Morgan fingerprint density at radius 1 is 1.15 bits per heavy atom. The third-order valence-corrected chi connectivity index (χ3v) is 6.53. The fraction of sp³-hybridized carbons (Fsp3) is 0.320. The molecule has 1 aliphatic carbocycles. The second-order valence-corrected chi connectivity index (χ2v) is 9.09. The Morgan fingerprint density at radius 2 is 2.03 bits per heavy atom. The number of hydrogen-bond acceptors (Lipinski definition) is 6. The van der Waals surface area contributed by atoms with Crippen molar-refractivity contribution in [3.05, 3.63) is 66.0 Å². The van der Waals surface area contributed by atoms with Gasteiger partial charge in [0.05, 0.1) is 12.8 Å². The maximum absolute atomic E-state index is 13.0. The highest BCUT2D eigenvalue weighted by atomic mass is 16.5. The van der Waals surface area contributed by atoms with E-state index in [1.54, 1.807) is 15.6 Å². The highest BCUT2D eigenvalue weighted by Crippen LogP contribution is 2.32. The maximum atomic E-state index is 13.0. The summed E-state index contributed by atoms with van der Waals surface area (Å²) in [4.78, 5) is 31.6. The first kappa shape index (κ1) is 20.6. The van der Waals surface area contributed by atoms with Gasteiger partial charge in [-0.3, -0.25) is 9.59 Å². The number of piperidine rings is 1. The number of carbonyl (C=O) groups is 2. The van der Waals surface area contributed by atoms with E-state index < -0.39 is 6.04 Å². The first-order chi connectivity index (χ1) is 16.5. The zero-order chi connectivity index (χ0) is 23.2. The zero-order valence-electron chi connectivity index (χ0n) is 18.6. The van der Waals surface area contributed by atoms with Crippen molar-refractivity contribution in [3.8, 4) is 23.0 Å². The Hall–Kier alpha value is -4.01. The van der Waals surface area contributed by atoms with E-state index in [-0.39, 0.29) is 11.8 Å². The van der Waals surface area contributed by atoms with Crippen molar-refractivity contribution in [2.24, 2.45) is 5.92 Å². The van der Waals surface area contributed by atoms with E-state index >= 15 is 0 Å². The lowest BCUT2D eigenvalue weighted by Gasteiger charge is -2.30. The summed E-state index contributed by atoms with van der Waals surface area (Å²) in [7, 11) is 0. The van der Waals surface area contributed by atoms with Gasteiger partial charge >= 0.3 is 0 Å². The van der Waals surface area contributed by atoms with Gasteiger partial charge in [-0.15, -0.1) is 5.10 Å². The molecule has 3 aromatic rings. The van der Waals surface area contributed by atoms with Crippen LogP contribution in [0.15, 0.2) is 54.9 Å². The van der Waals surface area contributed by atoms with Crippen LogP contribution in [0.4, 0.5) is 0 Å².